The van der Waals surface area contributed by atoms with Crippen LogP contribution in [-0.4, -0.2) is 61.4 Å². The van der Waals surface area contributed by atoms with Crippen LogP contribution in [0.15, 0.2) is 18.5 Å². The molecule has 1 aliphatic rings. The van der Waals surface area contributed by atoms with E-state index in [0.29, 0.717) is 0 Å². The van der Waals surface area contributed by atoms with Gasteiger partial charge < -0.3 is 4.74 Å². The van der Waals surface area contributed by atoms with E-state index in [2.05, 4.69) is 36.5 Å². The molecule has 0 aromatic carbocycles. The summed E-state index contributed by atoms with van der Waals surface area (Å²) in [5.74, 6) is 0.241. The molecule has 4 heterocycles. The lowest BCUT2D eigenvalue weighted by molar-refractivity contribution is 0.0957. The summed E-state index contributed by atoms with van der Waals surface area (Å²) in [6, 6.07) is 2.19. The van der Waals surface area contributed by atoms with E-state index in [-0.39, 0.29) is 12.0 Å². The molecule has 4 rings (SSSR count). The SMILES string of the molecule is CO[C@@H]1CN(Cc2cnc3c(c2)c(C)nn3C)C[C@H]1c1cn[nH]n1. The van der Waals surface area contributed by atoms with Crippen LogP contribution in [0.4, 0.5) is 0 Å². The maximum absolute atomic E-state index is 5.66. The van der Waals surface area contributed by atoms with Crippen LogP contribution in [0.2, 0.25) is 0 Å². The fraction of sp³-hybridized carbons (Fsp3) is 0.500. The summed E-state index contributed by atoms with van der Waals surface area (Å²) in [5.41, 5.74) is 4.08. The Bertz CT molecular complexity index is 842. The predicted molar refractivity (Wildman–Crippen MR) is 88.4 cm³/mol. The number of rotatable bonds is 4. The molecule has 0 saturated carbocycles. The van der Waals surface area contributed by atoms with Crippen molar-refractivity contribution in [3.05, 3.63) is 35.4 Å². The molecule has 0 bridgehead atoms. The van der Waals surface area contributed by atoms with E-state index >= 15 is 0 Å². The van der Waals surface area contributed by atoms with Gasteiger partial charge in [0.05, 0.1) is 23.7 Å². The van der Waals surface area contributed by atoms with Crippen LogP contribution >= 0.6 is 0 Å². The number of likely N-dealkylation sites (tertiary alicyclic amines) is 1. The van der Waals surface area contributed by atoms with Gasteiger partial charge in [0.25, 0.3) is 0 Å². The summed E-state index contributed by atoms with van der Waals surface area (Å²) in [6.07, 6.45) is 3.86. The summed E-state index contributed by atoms with van der Waals surface area (Å²) < 4.78 is 7.48. The number of fused-ring (bicyclic) bond motifs is 1. The Morgan fingerprint density at radius 1 is 1.33 bits per heavy atom. The van der Waals surface area contributed by atoms with Gasteiger partial charge in [0.1, 0.15) is 0 Å². The third-order valence-corrected chi connectivity index (χ3v) is 4.78. The topological polar surface area (TPSA) is 84.8 Å². The van der Waals surface area contributed by atoms with Crippen LogP contribution in [0, 0.1) is 6.92 Å². The molecule has 8 nitrogen and oxygen atoms in total. The molecule has 1 aliphatic heterocycles. The highest BCUT2D eigenvalue weighted by molar-refractivity contribution is 5.78. The van der Waals surface area contributed by atoms with Crippen LogP contribution in [0.5, 0.6) is 0 Å². The Morgan fingerprint density at radius 2 is 2.21 bits per heavy atom. The number of H-pyrrole nitrogens is 1. The fourth-order valence-electron chi connectivity index (χ4n) is 3.59. The molecular formula is C16H21N7O. The zero-order valence-corrected chi connectivity index (χ0v) is 14.1. The zero-order chi connectivity index (χ0) is 16.7. The minimum absolute atomic E-state index is 0.131. The van der Waals surface area contributed by atoms with Crippen LogP contribution in [0.3, 0.4) is 0 Å². The summed E-state index contributed by atoms with van der Waals surface area (Å²) in [4.78, 5) is 6.94. The molecule has 8 heteroatoms. The van der Waals surface area contributed by atoms with E-state index < -0.39 is 0 Å². The molecule has 1 N–H and O–H groups in total. The number of hydrogen-bond donors (Lipinski definition) is 1. The van der Waals surface area contributed by atoms with Gasteiger partial charge in [0.2, 0.25) is 0 Å². The zero-order valence-electron chi connectivity index (χ0n) is 14.1. The maximum Gasteiger partial charge on any atom is 0.157 e. The minimum atomic E-state index is 0.131. The third kappa shape index (κ3) is 2.57. The second kappa shape index (κ2) is 5.95. The second-order valence-corrected chi connectivity index (χ2v) is 6.39. The number of hydrogen-bond acceptors (Lipinski definition) is 6. The van der Waals surface area contributed by atoms with Gasteiger partial charge in [-0.3, -0.25) is 9.58 Å². The third-order valence-electron chi connectivity index (χ3n) is 4.78. The Balaban J connectivity index is 1.54. The van der Waals surface area contributed by atoms with E-state index in [1.165, 1.54) is 5.56 Å². The number of ether oxygens (including phenoxy) is 1. The normalized spacial score (nSPS) is 21.8. The summed E-state index contributed by atoms with van der Waals surface area (Å²) in [5, 5.41) is 16.4. The Labute approximate surface area is 139 Å². The molecule has 3 aromatic rings. The number of pyridine rings is 1. The van der Waals surface area contributed by atoms with Crippen LogP contribution in [0.1, 0.15) is 22.9 Å². The predicted octanol–water partition coefficient (Wildman–Crippen LogP) is 1.01. The number of methoxy groups -OCH3 is 1. The standard InChI is InChI=1S/C16H21N7O/c1-10-12-4-11(5-17-16(12)22(2)20-10)7-23-8-13(15(9-23)24-3)14-6-18-21-19-14/h4-6,13,15H,7-9H2,1-3H3,(H,18,19,21)/t13-,15+/m0/s1. The molecule has 2 atom stereocenters. The van der Waals surface area contributed by atoms with Crippen LogP contribution in [-0.2, 0) is 18.3 Å². The molecule has 24 heavy (non-hydrogen) atoms. The van der Waals surface area contributed by atoms with E-state index in [4.69, 9.17) is 4.74 Å². The molecule has 126 valence electrons. The average Bonchev–Trinajstić information content (AvgIpc) is 3.28. The van der Waals surface area contributed by atoms with Gasteiger partial charge in [0.15, 0.2) is 5.65 Å². The van der Waals surface area contributed by atoms with Crippen LogP contribution in [0.25, 0.3) is 11.0 Å². The second-order valence-electron chi connectivity index (χ2n) is 6.39. The average molecular weight is 327 g/mol. The summed E-state index contributed by atoms with van der Waals surface area (Å²) in [7, 11) is 3.68. The molecule has 1 saturated heterocycles. The van der Waals surface area contributed by atoms with Crippen LogP contribution < -0.4 is 0 Å². The van der Waals surface area contributed by atoms with Gasteiger partial charge in [0, 0.05) is 51.3 Å². The van der Waals surface area contributed by atoms with Gasteiger partial charge in [-0.1, -0.05) is 0 Å². The lowest BCUT2D eigenvalue weighted by Crippen LogP contribution is -2.22. The maximum atomic E-state index is 5.66. The van der Waals surface area contributed by atoms with Crippen molar-refractivity contribution in [2.45, 2.75) is 25.5 Å². The number of nitrogens with zero attached hydrogens (tertiary/aromatic N) is 6. The van der Waals surface area contributed by atoms with Gasteiger partial charge in [-0.05, 0) is 18.6 Å². The monoisotopic (exact) mass is 327 g/mol. The molecule has 0 unspecified atom stereocenters. The lowest BCUT2D eigenvalue weighted by atomic mass is 10.0. The number of aromatic amines is 1. The van der Waals surface area contributed by atoms with Crippen molar-refractivity contribution in [1.82, 2.24) is 35.1 Å². The molecule has 3 aromatic heterocycles. The Hall–Kier alpha value is -2.32. The molecule has 0 aliphatic carbocycles. The van der Waals surface area contributed by atoms with Crippen molar-refractivity contribution in [3.63, 3.8) is 0 Å². The van der Waals surface area contributed by atoms with E-state index in [1.54, 1.807) is 13.3 Å². The molecule has 0 radical (unpaired) electrons. The quantitative estimate of drug-likeness (QED) is 0.770. The van der Waals surface area contributed by atoms with Crippen molar-refractivity contribution in [3.8, 4) is 0 Å². The first-order valence-corrected chi connectivity index (χ1v) is 8.04. The Kier molecular flexibility index (Phi) is 3.78. The highest BCUT2D eigenvalue weighted by atomic mass is 16.5. The highest BCUT2D eigenvalue weighted by Crippen LogP contribution is 2.29. The van der Waals surface area contributed by atoms with E-state index in [9.17, 15) is 0 Å². The Morgan fingerprint density at radius 3 is 2.96 bits per heavy atom. The molecular weight excluding hydrogens is 306 g/mol. The first-order chi connectivity index (χ1) is 11.7. The smallest absolute Gasteiger partial charge is 0.157 e. The van der Waals surface area contributed by atoms with Crippen molar-refractivity contribution in [2.75, 3.05) is 20.2 Å². The van der Waals surface area contributed by atoms with Gasteiger partial charge in [-0.15, -0.1) is 0 Å². The molecule has 0 spiro atoms. The number of nitrogens with one attached hydrogen (secondary N) is 1. The van der Waals surface area contributed by atoms with Gasteiger partial charge in [-0.25, -0.2) is 4.98 Å². The van der Waals surface area contributed by atoms with Crippen molar-refractivity contribution >= 4 is 11.0 Å². The van der Waals surface area contributed by atoms with Gasteiger partial charge >= 0.3 is 0 Å². The van der Waals surface area contributed by atoms with Crippen molar-refractivity contribution in [1.29, 1.82) is 0 Å². The summed E-state index contributed by atoms with van der Waals surface area (Å²) >= 11 is 0. The van der Waals surface area contributed by atoms with Gasteiger partial charge in [-0.2, -0.15) is 20.5 Å². The van der Waals surface area contributed by atoms with Crippen molar-refractivity contribution in [2.24, 2.45) is 7.05 Å². The number of aromatic nitrogens is 6. The van der Waals surface area contributed by atoms with E-state index in [1.807, 2.05) is 24.9 Å². The molecule has 1 fully saturated rings. The summed E-state index contributed by atoms with van der Waals surface area (Å²) in [6.45, 7) is 4.63. The fourth-order valence-corrected chi connectivity index (χ4v) is 3.59. The molecule has 0 amide bonds. The first-order valence-electron chi connectivity index (χ1n) is 8.04. The minimum Gasteiger partial charge on any atom is -0.379 e. The van der Waals surface area contributed by atoms with E-state index in [0.717, 1.165) is 42.1 Å². The first kappa shape index (κ1) is 15.2. The number of aryl methyl sites for hydroxylation is 2. The lowest BCUT2D eigenvalue weighted by Gasteiger charge is -2.15. The largest absolute Gasteiger partial charge is 0.379 e. The van der Waals surface area contributed by atoms with Crippen molar-refractivity contribution < 1.29 is 4.74 Å². The highest BCUT2D eigenvalue weighted by Gasteiger charge is 2.35.